The average Bonchev–Trinajstić information content (AvgIpc) is 3.03. The zero-order valence-electron chi connectivity index (χ0n) is 15.2. The Morgan fingerprint density at radius 3 is 2.71 bits per heavy atom. The van der Waals surface area contributed by atoms with Crippen LogP contribution in [-0.2, 0) is 6.61 Å². The topological polar surface area (TPSA) is 73.1 Å². The molecule has 0 aliphatic carbocycles. The molecule has 0 saturated heterocycles. The van der Waals surface area contributed by atoms with E-state index in [1.54, 1.807) is 16.7 Å². The van der Waals surface area contributed by atoms with Gasteiger partial charge < -0.3 is 9.15 Å². The highest BCUT2D eigenvalue weighted by Crippen LogP contribution is 2.28. The highest BCUT2D eigenvalue weighted by Gasteiger charge is 2.13. The van der Waals surface area contributed by atoms with Gasteiger partial charge in [0.05, 0.1) is 0 Å². The molecule has 0 bridgehead atoms. The van der Waals surface area contributed by atoms with E-state index < -0.39 is 0 Å². The van der Waals surface area contributed by atoms with Crippen LogP contribution in [0.4, 0.5) is 0 Å². The highest BCUT2D eigenvalue weighted by molar-refractivity contribution is 7.71. The first kappa shape index (κ1) is 18.5. The number of ether oxygens (including phenoxy) is 1. The number of nitrogens with one attached hydrogen (secondary N) is 1. The molecule has 0 saturated carbocycles. The Balaban J connectivity index is 1.68. The third kappa shape index (κ3) is 3.34. The summed E-state index contributed by atoms with van der Waals surface area (Å²) in [6, 6.07) is 12.5. The Morgan fingerprint density at radius 1 is 1.21 bits per heavy atom. The summed E-state index contributed by atoms with van der Waals surface area (Å²) in [6.07, 6.45) is 0. The Bertz CT molecular complexity index is 1290. The van der Waals surface area contributed by atoms with Gasteiger partial charge in [0.15, 0.2) is 10.6 Å². The summed E-state index contributed by atoms with van der Waals surface area (Å²) in [4.78, 5) is 11.7. The minimum Gasteiger partial charge on any atom is -0.485 e. The maximum Gasteiger partial charge on any atom is 0.336 e. The Hall–Kier alpha value is -2.90. The number of hydrogen-bond acceptors (Lipinski definition) is 5. The van der Waals surface area contributed by atoms with Crippen molar-refractivity contribution in [3.63, 3.8) is 0 Å². The van der Waals surface area contributed by atoms with Crippen molar-refractivity contribution in [2.45, 2.75) is 20.5 Å². The maximum atomic E-state index is 11.7. The molecule has 28 heavy (non-hydrogen) atoms. The number of fused-ring (bicyclic) bond motifs is 1. The normalized spacial score (nSPS) is 11.1. The Kier molecular flexibility index (Phi) is 4.78. The molecule has 0 unspecified atom stereocenters. The van der Waals surface area contributed by atoms with Crippen LogP contribution in [0.5, 0.6) is 5.75 Å². The molecule has 0 fully saturated rings. The van der Waals surface area contributed by atoms with Crippen LogP contribution in [-0.4, -0.2) is 14.8 Å². The summed E-state index contributed by atoms with van der Waals surface area (Å²) < 4.78 is 13.6. The van der Waals surface area contributed by atoms with E-state index in [0.29, 0.717) is 27.0 Å². The van der Waals surface area contributed by atoms with Gasteiger partial charge in [-0.3, -0.25) is 9.67 Å². The fraction of sp³-hybridized carbons (Fsp3) is 0.150. The summed E-state index contributed by atoms with van der Waals surface area (Å²) in [7, 11) is 0. The van der Waals surface area contributed by atoms with E-state index in [1.807, 2.05) is 38.1 Å². The molecule has 4 aromatic rings. The molecular formula is C20H16ClN3O3S. The first-order valence-corrected chi connectivity index (χ1v) is 9.32. The third-order valence-electron chi connectivity index (χ3n) is 4.50. The van der Waals surface area contributed by atoms with Gasteiger partial charge in [0.2, 0.25) is 0 Å². The summed E-state index contributed by atoms with van der Waals surface area (Å²) >= 11 is 11.3. The van der Waals surface area contributed by atoms with Crippen molar-refractivity contribution < 1.29 is 9.15 Å². The predicted molar refractivity (Wildman–Crippen MR) is 110 cm³/mol. The molecule has 8 heteroatoms. The number of aromatic amines is 1. The van der Waals surface area contributed by atoms with Crippen LogP contribution in [0.2, 0.25) is 5.02 Å². The van der Waals surface area contributed by atoms with Crippen molar-refractivity contribution in [2.24, 2.45) is 0 Å². The van der Waals surface area contributed by atoms with Gasteiger partial charge in [-0.25, -0.2) is 4.79 Å². The molecular weight excluding hydrogens is 398 g/mol. The van der Waals surface area contributed by atoms with E-state index in [4.69, 9.17) is 33.0 Å². The standard InChI is InChI=1S/C20H16ClN3O3S/c1-11-9-18(25)27-19-12(2)16(8-7-15(11)19)26-10-17-22-23-20(28)24(17)14-5-3-13(21)4-6-14/h3-9H,10H2,1-2H3,(H,23,28). The summed E-state index contributed by atoms with van der Waals surface area (Å²) in [6.45, 7) is 3.91. The van der Waals surface area contributed by atoms with Gasteiger partial charge in [0.25, 0.3) is 0 Å². The average molecular weight is 414 g/mol. The van der Waals surface area contributed by atoms with E-state index in [1.165, 1.54) is 6.07 Å². The molecule has 0 aliphatic rings. The van der Waals surface area contributed by atoms with E-state index in [0.717, 1.165) is 22.2 Å². The lowest BCUT2D eigenvalue weighted by Gasteiger charge is -2.12. The molecule has 0 aliphatic heterocycles. The van der Waals surface area contributed by atoms with Gasteiger partial charge in [-0.05, 0) is 68.0 Å². The molecule has 2 aromatic carbocycles. The molecule has 142 valence electrons. The molecule has 0 spiro atoms. The molecule has 4 rings (SSSR count). The van der Waals surface area contributed by atoms with Crippen molar-refractivity contribution in [3.8, 4) is 11.4 Å². The quantitative estimate of drug-likeness (QED) is 0.381. The molecule has 0 atom stereocenters. The second kappa shape index (κ2) is 7.26. The fourth-order valence-corrected chi connectivity index (χ4v) is 3.46. The van der Waals surface area contributed by atoms with Gasteiger partial charge in [0, 0.05) is 27.7 Å². The minimum absolute atomic E-state index is 0.179. The smallest absolute Gasteiger partial charge is 0.336 e. The van der Waals surface area contributed by atoms with E-state index >= 15 is 0 Å². The van der Waals surface area contributed by atoms with Crippen LogP contribution >= 0.6 is 23.8 Å². The number of hydrogen-bond donors (Lipinski definition) is 1. The second-order valence-electron chi connectivity index (χ2n) is 6.36. The molecule has 1 N–H and O–H groups in total. The number of aryl methyl sites for hydroxylation is 2. The summed E-state index contributed by atoms with van der Waals surface area (Å²) in [5.41, 5.74) is 2.60. The van der Waals surface area contributed by atoms with E-state index in [2.05, 4.69) is 10.2 Å². The number of rotatable bonds is 4. The van der Waals surface area contributed by atoms with Crippen LogP contribution in [0.15, 0.2) is 51.7 Å². The highest BCUT2D eigenvalue weighted by atomic mass is 35.5. The van der Waals surface area contributed by atoms with Gasteiger partial charge >= 0.3 is 5.63 Å². The van der Waals surface area contributed by atoms with E-state index in [9.17, 15) is 4.79 Å². The van der Waals surface area contributed by atoms with Gasteiger partial charge in [0.1, 0.15) is 17.9 Å². The van der Waals surface area contributed by atoms with Crippen molar-refractivity contribution >= 4 is 34.8 Å². The van der Waals surface area contributed by atoms with Crippen LogP contribution in [0, 0.1) is 18.6 Å². The molecule has 0 amide bonds. The van der Waals surface area contributed by atoms with Crippen LogP contribution < -0.4 is 10.4 Å². The van der Waals surface area contributed by atoms with Crippen LogP contribution in [0.1, 0.15) is 17.0 Å². The monoisotopic (exact) mass is 413 g/mol. The first-order valence-electron chi connectivity index (χ1n) is 8.53. The first-order chi connectivity index (χ1) is 13.4. The van der Waals surface area contributed by atoms with Gasteiger partial charge in [-0.2, -0.15) is 5.10 Å². The lowest BCUT2D eigenvalue weighted by molar-refractivity contribution is 0.291. The van der Waals surface area contributed by atoms with E-state index in [-0.39, 0.29) is 12.2 Å². The Labute approximate surface area is 170 Å². The molecule has 2 aromatic heterocycles. The van der Waals surface area contributed by atoms with Crippen LogP contribution in [0.25, 0.3) is 16.7 Å². The van der Waals surface area contributed by atoms with Crippen molar-refractivity contribution in [2.75, 3.05) is 0 Å². The number of H-pyrrole nitrogens is 1. The molecule has 2 heterocycles. The number of halogens is 1. The SMILES string of the molecule is Cc1cc(=O)oc2c(C)c(OCc3n[nH]c(=S)n3-c3ccc(Cl)cc3)ccc12. The number of aromatic nitrogens is 3. The van der Waals surface area contributed by atoms with Gasteiger partial charge in [-0.1, -0.05) is 11.6 Å². The fourth-order valence-electron chi connectivity index (χ4n) is 3.08. The number of benzene rings is 2. The Morgan fingerprint density at radius 2 is 1.96 bits per heavy atom. The van der Waals surface area contributed by atoms with Crippen molar-refractivity contribution in [1.82, 2.24) is 14.8 Å². The zero-order chi connectivity index (χ0) is 19.8. The lowest BCUT2D eigenvalue weighted by atomic mass is 10.1. The zero-order valence-corrected chi connectivity index (χ0v) is 16.7. The minimum atomic E-state index is -0.381. The van der Waals surface area contributed by atoms with Crippen LogP contribution in [0.3, 0.4) is 0 Å². The summed E-state index contributed by atoms with van der Waals surface area (Å²) in [5, 5.41) is 8.57. The lowest BCUT2D eigenvalue weighted by Crippen LogP contribution is -2.07. The molecule has 0 radical (unpaired) electrons. The molecule has 6 nitrogen and oxygen atoms in total. The van der Waals surface area contributed by atoms with Crippen molar-refractivity contribution in [1.29, 1.82) is 0 Å². The van der Waals surface area contributed by atoms with Gasteiger partial charge in [-0.15, -0.1) is 0 Å². The second-order valence-corrected chi connectivity index (χ2v) is 7.18. The predicted octanol–water partition coefficient (Wildman–Crippen LogP) is 4.89. The largest absolute Gasteiger partial charge is 0.485 e. The number of nitrogens with zero attached hydrogens (tertiary/aromatic N) is 2. The third-order valence-corrected chi connectivity index (χ3v) is 5.03. The summed E-state index contributed by atoms with van der Waals surface area (Å²) in [5.74, 6) is 1.22. The maximum absolute atomic E-state index is 11.7. The van der Waals surface area contributed by atoms with Crippen molar-refractivity contribution in [3.05, 3.63) is 79.6 Å².